The molecule has 0 aliphatic carbocycles. The van der Waals surface area contributed by atoms with E-state index in [1.165, 1.54) is 0 Å². The van der Waals surface area contributed by atoms with Gasteiger partial charge in [-0.3, -0.25) is 19.5 Å². The number of para-hydroxylation sites is 1. The van der Waals surface area contributed by atoms with Gasteiger partial charge in [-0.1, -0.05) is 48.0 Å². The van der Waals surface area contributed by atoms with Gasteiger partial charge in [0.25, 0.3) is 5.56 Å². The number of H-pyrrole nitrogens is 2. The minimum Gasteiger partial charge on any atom is -0.489 e. The Morgan fingerprint density at radius 3 is 2.53 bits per heavy atom. The first-order valence-electron chi connectivity index (χ1n) is 10.1. The van der Waals surface area contributed by atoms with Gasteiger partial charge in [0.15, 0.2) is 0 Å². The zero-order chi connectivity index (χ0) is 23.1. The molecule has 1 unspecified atom stereocenters. The Hall–Kier alpha value is -3.52. The van der Waals surface area contributed by atoms with Crippen molar-refractivity contribution < 1.29 is 19.1 Å². The molecule has 1 atom stereocenters. The number of amides is 1. The van der Waals surface area contributed by atoms with Crippen molar-refractivity contribution in [1.29, 1.82) is 0 Å². The Morgan fingerprint density at radius 1 is 1.09 bits per heavy atom. The summed E-state index contributed by atoms with van der Waals surface area (Å²) in [5, 5.41) is 5.78. The van der Waals surface area contributed by atoms with Crippen LogP contribution in [0.5, 0.6) is 5.75 Å². The van der Waals surface area contributed by atoms with Crippen molar-refractivity contribution in [2.75, 3.05) is 6.61 Å². The lowest BCUT2D eigenvalue weighted by Gasteiger charge is -2.20. The zero-order valence-electron chi connectivity index (χ0n) is 17.5. The molecule has 0 aliphatic heterocycles. The van der Waals surface area contributed by atoms with Crippen LogP contribution in [-0.2, 0) is 27.4 Å². The number of esters is 1. The third-order valence-corrected chi connectivity index (χ3v) is 5.28. The van der Waals surface area contributed by atoms with Crippen LogP contribution in [-0.4, -0.2) is 28.7 Å². The number of primary amides is 1. The third kappa shape index (κ3) is 5.59. The van der Waals surface area contributed by atoms with Crippen LogP contribution < -0.4 is 16.0 Å². The van der Waals surface area contributed by atoms with E-state index in [1.807, 2.05) is 18.2 Å². The van der Waals surface area contributed by atoms with Gasteiger partial charge in [-0.2, -0.15) is 0 Å². The third-order valence-electron chi connectivity index (χ3n) is 4.91. The summed E-state index contributed by atoms with van der Waals surface area (Å²) in [7, 11) is 0. The number of nitrogens with two attached hydrogens (primary N) is 1. The maximum atomic E-state index is 12.7. The Morgan fingerprint density at radius 2 is 1.81 bits per heavy atom. The normalized spacial score (nSPS) is 11.7. The molecule has 32 heavy (non-hydrogen) atoms. The monoisotopic (exact) mass is 457 g/mol. The number of benzene rings is 2. The van der Waals surface area contributed by atoms with Crippen LogP contribution >= 0.6 is 11.6 Å². The van der Waals surface area contributed by atoms with Crippen molar-refractivity contribution in [3.05, 3.63) is 86.3 Å². The fraction of sp³-hybridized carbons (Fsp3) is 0.261. The first-order valence-corrected chi connectivity index (χ1v) is 10.5. The summed E-state index contributed by atoms with van der Waals surface area (Å²) in [6.45, 7) is 2.10. The fourth-order valence-electron chi connectivity index (χ4n) is 3.51. The van der Waals surface area contributed by atoms with Crippen molar-refractivity contribution in [2.24, 2.45) is 5.73 Å². The highest BCUT2D eigenvalue weighted by molar-refractivity contribution is 6.31. The second-order valence-corrected chi connectivity index (χ2v) is 7.50. The predicted octanol–water partition coefficient (Wildman–Crippen LogP) is 3.05. The molecule has 0 spiro atoms. The SMILES string of the molecule is CCOC(=O)Cc1[nH][nH]c(=O)c1C(CC(N)=O)c1ccccc1OCc1ccccc1Cl. The molecular formula is C23H24ClN3O5. The van der Waals surface area contributed by atoms with Crippen LogP contribution in [0.4, 0.5) is 0 Å². The molecule has 1 amide bonds. The van der Waals surface area contributed by atoms with Gasteiger partial charge < -0.3 is 20.3 Å². The van der Waals surface area contributed by atoms with Crippen LogP contribution in [0.2, 0.25) is 5.02 Å². The van der Waals surface area contributed by atoms with E-state index in [0.717, 1.165) is 5.56 Å². The summed E-state index contributed by atoms with van der Waals surface area (Å²) in [6, 6.07) is 14.4. The molecule has 8 nitrogen and oxygen atoms in total. The lowest BCUT2D eigenvalue weighted by molar-refractivity contribution is -0.142. The van der Waals surface area contributed by atoms with Gasteiger partial charge in [-0.05, 0) is 19.1 Å². The Labute approximate surface area is 189 Å². The summed E-state index contributed by atoms with van der Waals surface area (Å²) in [5.41, 5.74) is 7.02. The van der Waals surface area contributed by atoms with Gasteiger partial charge >= 0.3 is 5.97 Å². The summed E-state index contributed by atoms with van der Waals surface area (Å²) in [5.74, 6) is -1.35. The largest absolute Gasteiger partial charge is 0.489 e. The molecule has 0 bridgehead atoms. The van der Waals surface area contributed by atoms with E-state index >= 15 is 0 Å². The molecule has 1 aromatic heterocycles. The van der Waals surface area contributed by atoms with Gasteiger partial charge in [-0.25, -0.2) is 0 Å². The van der Waals surface area contributed by atoms with Gasteiger partial charge in [0, 0.05) is 34.1 Å². The molecule has 0 aliphatic rings. The number of carbonyl (C=O) groups is 2. The number of hydrogen-bond donors (Lipinski definition) is 3. The lowest BCUT2D eigenvalue weighted by atomic mass is 9.87. The summed E-state index contributed by atoms with van der Waals surface area (Å²) < 4.78 is 11.0. The van der Waals surface area contributed by atoms with Gasteiger partial charge in [0.2, 0.25) is 5.91 Å². The number of aromatic nitrogens is 2. The lowest BCUT2D eigenvalue weighted by Crippen LogP contribution is -2.22. The molecule has 168 valence electrons. The highest BCUT2D eigenvalue weighted by atomic mass is 35.5. The van der Waals surface area contributed by atoms with Crippen LogP contribution in [0, 0.1) is 0 Å². The first kappa shape index (κ1) is 23.1. The Kier molecular flexibility index (Phi) is 7.72. The van der Waals surface area contributed by atoms with E-state index in [1.54, 1.807) is 37.3 Å². The number of nitrogens with one attached hydrogen (secondary N) is 2. The minimum absolute atomic E-state index is 0.150. The molecular weight excluding hydrogens is 434 g/mol. The van der Waals surface area contributed by atoms with Crippen molar-refractivity contribution in [3.63, 3.8) is 0 Å². The average molecular weight is 458 g/mol. The van der Waals surface area contributed by atoms with E-state index < -0.39 is 23.4 Å². The molecule has 0 radical (unpaired) electrons. The number of aromatic amines is 2. The molecule has 3 aromatic rings. The fourth-order valence-corrected chi connectivity index (χ4v) is 3.70. The average Bonchev–Trinajstić information content (AvgIpc) is 3.11. The maximum absolute atomic E-state index is 12.7. The molecule has 0 saturated carbocycles. The molecule has 3 rings (SSSR count). The number of carbonyl (C=O) groups excluding carboxylic acids is 2. The molecule has 0 saturated heterocycles. The van der Waals surface area contributed by atoms with Crippen LogP contribution in [0.15, 0.2) is 53.3 Å². The topological polar surface area (TPSA) is 127 Å². The van der Waals surface area contributed by atoms with E-state index in [2.05, 4.69) is 10.2 Å². The highest BCUT2D eigenvalue weighted by Crippen LogP contribution is 2.35. The van der Waals surface area contributed by atoms with Crippen molar-refractivity contribution in [1.82, 2.24) is 10.2 Å². The van der Waals surface area contributed by atoms with E-state index in [0.29, 0.717) is 22.0 Å². The van der Waals surface area contributed by atoms with E-state index in [-0.39, 0.29) is 31.6 Å². The zero-order valence-corrected chi connectivity index (χ0v) is 18.3. The summed E-state index contributed by atoms with van der Waals surface area (Å²) in [6.07, 6.45) is -0.303. The molecule has 0 fully saturated rings. The molecule has 9 heteroatoms. The van der Waals surface area contributed by atoms with E-state index in [4.69, 9.17) is 26.8 Å². The number of rotatable bonds is 10. The highest BCUT2D eigenvalue weighted by Gasteiger charge is 2.28. The first-order chi connectivity index (χ1) is 15.4. The quantitative estimate of drug-likeness (QED) is 0.403. The van der Waals surface area contributed by atoms with Crippen molar-refractivity contribution in [3.8, 4) is 5.75 Å². The second-order valence-electron chi connectivity index (χ2n) is 7.09. The van der Waals surface area contributed by atoms with Crippen molar-refractivity contribution in [2.45, 2.75) is 32.3 Å². The van der Waals surface area contributed by atoms with Crippen LogP contribution in [0.3, 0.4) is 0 Å². The van der Waals surface area contributed by atoms with Gasteiger partial charge in [0.05, 0.1) is 18.7 Å². The Bertz CT molecular complexity index is 1150. The minimum atomic E-state index is -0.727. The Balaban J connectivity index is 1.99. The van der Waals surface area contributed by atoms with Crippen molar-refractivity contribution >= 4 is 23.5 Å². The van der Waals surface area contributed by atoms with Crippen LogP contribution in [0.1, 0.15) is 41.6 Å². The standard InChI is InChI=1S/C23H24ClN3O5/c1-2-31-21(29)12-18-22(23(30)27-26-18)16(11-20(25)28)15-8-4-6-10-19(15)32-13-14-7-3-5-9-17(14)24/h3-10,16H,2,11-13H2,1H3,(H2,25,28)(H2,26,27,30). The smallest absolute Gasteiger partial charge is 0.311 e. The van der Waals surface area contributed by atoms with E-state index in [9.17, 15) is 14.4 Å². The number of ether oxygens (including phenoxy) is 2. The molecule has 2 aromatic carbocycles. The summed E-state index contributed by atoms with van der Waals surface area (Å²) in [4.78, 5) is 36.6. The summed E-state index contributed by atoms with van der Waals surface area (Å²) >= 11 is 6.22. The number of halogens is 1. The van der Waals surface area contributed by atoms with Crippen LogP contribution in [0.25, 0.3) is 0 Å². The number of hydrogen-bond acceptors (Lipinski definition) is 5. The van der Waals surface area contributed by atoms with Gasteiger partial charge in [0.1, 0.15) is 12.4 Å². The maximum Gasteiger partial charge on any atom is 0.311 e. The molecule has 4 N–H and O–H groups in total. The predicted molar refractivity (Wildman–Crippen MR) is 120 cm³/mol. The second kappa shape index (κ2) is 10.7. The molecule has 1 heterocycles. The van der Waals surface area contributed by atoms with Gasteiger partial charge in [-0.15, -0.1) is 0 Å².